The van der Waals surface area contributed by atoms with E-state index in [1.165, 1.54) is 22.1 Å². The summed E-state index contributed by atoms with van der Waals surface area (Å²) in [5.74, 6) is 0.141. The van der Waals surface area contributed by atoms with E-state index in [-0.39, 0.29) is 5.91 Å². The van der Waals surface area contributed by atoms with Crippen molar-refractivity contribution in [1.82, 2.24) is 10.3 Å². The van der Waals surface area contributed by atoms with Gasteiger partial charge in [-0.05, 0) is 49.4 Å². The quantitative estimate of drug-likeness (QED) is 0.674. The predicted octanol–water partition coefficient (Wildman–Crippen LogP) is 4.16. The summed E-state index contributed by atoms with van der Waals surface area (Å²) in [7, 11) is 0. The van der Waals surface area contributed by atoms with Crippen molar-refractivity contribution in [3.05, 3.63) is 71.4 Å². The first kappa shape index (κ1) is 16.3. The molecule has 0 aliphatic rings. The largest absolute Gasteiger partial charge is 0.361 e. The molecule has 2 aromatic carbocycles. The van der Waals surface area contributed by atoms with Gasteiger partial charge in [-0.15, -0.1) is 0 Å². The summed E-state index contributed by atoms with van der Waals surface area (Å²) >= 11 is 0. The van der Waals surface area contributed by atoms with Crippen LogP contribution in [-0.2, 0) is 17.6 Å². The number of H-pyrrole nitrogens is 1. The number of amides is 1. The molecule has 3 nitrogen and oxygen atoms in total. The molecule has 3 aromatic rings. The maximum absolute atomic E-state index is 12.0. The van der Waals surface area contributed by atoms with Crippen molar-refractivity contribution in [3.8, 4) is 0 Å². The van der Waals surface area contributed by atoms with Gasteiger partial charge in [-0.25, -0.2) is 0 Å². The van der Waals surface area contributed by atoms with E-state index in [2.05, 4.69) is 47.6 Å². The Labute approximate surface area is 143 Å². The highest BCUT2D eigenvalue weighted by Crippen LogP contribution is 2.19. The van der Waals surface area contributed by atoms with Crippen LogP contribution in [0, 0.1) is 6.92 Å². The fourth-order valence-electron chi connectivity index (χ4n) is 3.02. The first-order valence-corrected chi connectivity index (χ1v) is 8.59. The van der Waals surface area contributed by atoms with Crippen LogP contribution in [-0.4, -0.2) is 17.4 Å². The Hall–Kier alpha value is -2.55. The molecule has 0 saturated carbocycles. The molecular formula is C21H24N2O. The summed E-state index contributed by atoms with van der Waals surface area (Å²) in [6.45, 7) is 2.79. The van der Waals surface area contributed by atoms with Crippen molar-refractivity contribution in [2.45, 2.75) is 32.6 Å². The standard InChI is InChI=1S/C21H24N2O/c1-16-10-11-20-19(14-16)18(15-23-20)12-13-22-21(24)9-5-8-17-6-3-2-4-7-17/h2-4,6-7,10-11,14-15,23H,5,8-9,12-13H2,1H3,(H,22,24). The maximum Gasteiger partial charge on any atom is 0.220 e. The van der Waals surface area contributed by atoms with Crippen molar-refractivity contribution in [2.24, 2.45) is 0 Å². The second-order valence-electron chi connectivity index (χ2n) is 6.30. The summed E-state index contributed by atoms with van der Waals surface area (Å²) < 4.78 is 0. The third-order valence-electron chi connectivity index (χ3n) is 4.35. The maximum atomic E-state index is 12.0. The number of carbonyl (C=O) groups excluding carboxylic acids is 1. The molecule has 0 fully saturated rings. The zero-order valence-corrected chi connectivity index (χ0v) is 14.1. The van der Waals surface area contributed by atoms with Crippen LogP contribution in [0.5, 0.6) is 0 Å². The fourth-order valence-corrected chi connectivity index (χ4v) is 3.02. The zero-order chi connectivity index (χ0) is 16.8. The molecule has 124 valence electrons. The summed E-state index contributed by atoms with van der Waals surface area (Å²) in [4.78, 5) is 15.3. The van der Waals surface area contributed by atoms with Crippen LogP contribution in [0.15, 0.2) is 54.7 Å². The van der Waals surface area contributed by atoms with Crippen molar-refractivity contribution < 1.29 is 4.79 Å². The topological polar surface area (TPSA) is 44.9 Å². The van der Waals surface area contributed by atoms with E-state index in [1.807, 2.05) is 24.4 Å². The van der Waals surface area contributed by atoms with Crippen molar-refractivity contribution >= 4 is 16.8 Å². The highest BCUT2D eigenvalue weighted by molar-refractivity contribution is 5.84. The van der Waals surface area contributed by atoms with Gasteiger partial charge in [-0.1, -0.05) is 42.0 Å². The number of rotatable bonds is 7. The monoisotopic (exact) mass is 320 g/mol. The van der Waals surface area contributed by atoms with Crippen LogP contribution < -0.4 is 5.32 Å². The van der Waals surface area contributed by atoms with E-state index >= 15 is 0 Å². The van der Waals surface area contributed by atoms with Crippen molar-refractivity contribution in [1.29, 1.82) is 0 Å². The van der Waals surface area contributed by atoms with Crippen LogP contribution in [0.1, 0.15) is 29.5 Å². The Morgan fingerprint density at radius 2 is 1.92 bits per heavy atom. The van der Waals surface area contributed by atoms with Crippen LogP contribution >= 0.6 is 0 Å². The third-order valence-corrected chi connectivity index (χ3v) is 4.35. The van der Waals surface area contributed by atoms with Crippen molar-refractivity contribution in [2.75, 3.05) is 6.54 Å². The highest BCUT2D eigenvalue weighted by Gasteiger charge is 2.05. The molecule has 0 radical (unpaired) electrons. The zero-order valence-electron chi connectivity index (χ0n) is 14.1. The lowest BCUT2D eigenvalue weighted by atomic mass is 10.1. The van der Waals surface area contributed by atoms with Crippen LogP contribution in [0.4, 0.5) is 0 Å². The molecule has 3 rings (SSSR count). The van der Waals surface area contributed by atoms with E-state index in [4.69, 9.17) is 0 Å². The van der Waals surface area contributed by atoms with Gasteiger partial charge >= 0.3 is 0 Å². The normalized spacial score (nSPS) is 10.9. The summed E-state index contributed by atoms with van der Waals surface area (Å²) in [6.07, 6.45) is 5.33. The van der Waals surface area contributed by atoms with Crippen LogP contribution in [0.25, 0.3) is 10.9 Å². The molecular weight excluding hydrogens is 296 g/mol. The lowest BCUT2D eigenvalue weighted by Crippen LogP contribution is -2.25. The van der Waals surface area contributed by atoms with Gasteiger partial charge in [0, 0.05) is 30.1 Å². The molecule has 0 spiro atoms. The number of nitrogens with one attached hydrogen (secondary N) is 2. The molecule has 0 saturated heterocycles. The minimum atomic E-state index is 0.141. The van der Waals surface area contributed by atoms with Gasteiger partial charge in [-0.2, -0.15) is 0 Å². The van der Waals surface area contributed by atoms with E-state index in [9.17, 15) is 4.79 Å². The lowest BCUT2D eigenvalue weighted by Gasteiger charge is -2.05. The van der Waals surface area contributed by atoms with Gasteiger partial charge in [0.2, 0.25) is 5.91 Å². The van der Waals surface area contributed by atoms with Gasteiger partial charge in [0.05, 0.1) is 0 Å². The Kier molecular flexibility index (Phi) is 5.32. The molecule has 2 N–H and O–H groups in total. The fraction of sp³-hybridized carbons (Fsp3) is 0.286. The number of benzene rings is 2. The number of carbonyl (C=O) groups is 1. The minimum absolute atomic E-state index is 0.141. The molecule has 3 heteroatoms. The molecule has 1 heterocycles. The summed E-state index contributed by atoms with van der Waals surface area (Å²) in [5, 5.41) is 4.29. The number of hydrogen-bond acceptors (Lipinski definition) is 1. The summed E-state index contributed by atoms with van der Waals surface area (Å²) in [6, 6.07) is 16.7. The van der Waals surface area contributed by atoms with E-state index in [1.54, 1.807) is 0 Å². The summed E-state index contributed by atoms with van der Waals surface area (Å²) in [5.41, 5.74) is 4.97. The number of aromatic amines is 1. The van der Waals surface area contributed by atoms with Gasteiger partial charge in [0.15, 0.2) is 0 Å². The molecule has 1 amide bonds. The molecule has 0 aliphatic carbocycles. The van der Waals surface area contributed by atoms with E-state index in [0.717, 1.165) is 24.8 Å². The highest BCUT2D eigenvalue weighted by atomic mass is 16.1. The van der Waals surface area contributed by atoms with Gasteiger partial charge < -0.3 is 10.3 Å². The Morgan fingerprint density at radius 3 is 2.75 bits per heavy atom. The Morgan fingerprint density at radius 1 is 1.08 bits per heavy atom. The number of aromatic nitrogens is 1. The van der Waals surface area contributed by atoms with Gasteiger partial charge in [-0.3, -0.25) is 4.79 Å². The van der Waals surface area contributed by atoms with E-state index < -0.39 is 0 Å². The first-order chi connectivity index (χ1) is 11.7. The molecule has 0 unspecified atom stereocenters. The third kappa shape index (κ3) is 4.25. The molecule has 24 heavy (non-hydrogen) atoms. The first-order valence-electron chi connectivity index (χ1n) is 8.59. The number of hydrogen-bond donors (Lipinski definition) is 2. The van der Waals surface area contributed by atoms with Gasteiger partial charge in [0.1, 0.15) is 0 Å². The smallest absolute Gasteiger partial charge is 0.220 e. The molecule has 1 aromatic heterocycles. The Balaban J connectivity index is 1.42. The molecule has 0 bridgehead atoms. The minimum Gasteiger partial charge on any atom is -0.361 e. The second-order valence-corrected chi connectivity index (χ2v) is 6.30. The second kappa shape index (κ2) is 7.82. The average molecular weight is 320 g/mol. The van der Waals surface area contributed by atoms with Crippen molar-refractivity contribution in [3.63, 3.8) is 0 Å². The SMILES string of the molecule is Cc1ccc2[nH]cc(CCNC(=O)CCCc3ccccc3)c2c1. The van der Waals surface area contributed by atoms with Crippen LogP contribution in [0.2, 0.25) is 0 Å². The Bertz CT molecular complexity index is 805. The number of aryl methyl sites for hydroxylation is 2. The number of fused-ring (bicyclic) bond motifs is 1. The molecule has 0 atom stereocenters. The molecule has 0 aliphatic heterocycles. The lowest BCUT2D eigenvalue weighted by molar-refractivity contribution is -0.121. The average Bonchev–Trinajstić information content (AvgIpc) is 2.98. The van der Waals surface area contributed by atoms with Gasteiger partial charge in [0.25, 0.3) is 0 Å². The predicted molar refractivity (Wildman–Crippen MR) is 99.1 cm³/mol. The van der Waals surface area contributed by atoms with Crippen LogP contribution in [0.3, 0.4) is 0 Å². The van der Waals surface area contributed by atoms with E-state index in [0.29, 0.717) is 13.0 Å².